The first-order valence-electron chi connectivity index (χ1n) is 15.2. The Kier molecular flexibility index (Phi) is 12.8. The number of likely N-dealkylation sites (N-methyl/N-ethyl adjacent to an activating group) is 2. The van der Waals surface area contributed by atoms with Gasteiger partial charge >= 0.3 is 5.97 Å². The number of nitrogens with one attached hydrogen (secondary N) is 2. The van der Waals surface area contributed by atoms with Crippen LogP contribution in [0.5, 0.6) is 0 Å². The maximum Gasteiger partial charge on any atom is 0.308 e. The Morgan fingerprint density at radius 2 is 1.55 bits per heavy atom. The quantitative estimate of drug-likeness (QED) is 0.457. The molecule has 2 saturated heterocycles. The molecule has 2 fully saturated rings. The first-order chi connectivity index (χ1) is 19.6. The Labute approximate surface area is 250 Å². The maximum absolute atomic E-state index is 13.9. The maximum atomic E-state index is 13.9. The summed E-state index contributed by atoms with van der Waals surface area (Å²) >= 11 is 0. The number of rotatable bonds is 5. The predicted molar refractivity (Wildman–Crippen MR) is 157 cm³/mol. The standard InChI is InChI=1S/C30H51N5O7/c1-10-19(6)24-29(40)34(9)25(18(4)5)30(41)33(8)20(7)26(37)31-14-13-23(36)42-22(16-17(2)3)28(39)35-15-11-12-21(35)27(38)32-24/h17-22,24-25H,10-16H2,1-9H3,(H,31,37)(H,32,38)/t19-,20-,21-,22-,24+,25-/m1/s1. The van der Waals surface area contributed by atoms with Crippen molar-refractivity contribution in [2.45, 2.75) is 111 Å². The van der Waals surface area contributed by atoms with Crippen LogP contribution in [0.15, 0.2) is 0 Å². The number of carbonyl (C=O) groups is 6. The highest BCUT2D eigenvalue weighted by Gasteiger charge is 2.42. The number of cyclic esters (lactones) is 1. The third-order valence-corrected chi connectivity index (χ3v) is 8.44. The Morgan fingerprint density at radius 3 is 2.12 bits per heavy atom. The highest BCUT2D eigenvalue weighted by molar-refractivity contribution is 5.96. The van der Waals surface area contributed by atoms with E-state index in [0.29, 0.717) is 25.8 Å². The van der Waals surface area contributed by atoms with E-state index in [1.54, 1.807) is 14.0 Å². The van der Waals surface area contributed by atoms with Gasteiger partial charge in [0.05, 0.1) is 6.42 Å². The van der Waals surface area contributed by atoms with Crippen LogP contribution < -0.4 is 10.6 Å². The van der Waals surface area contributed by atoms with Crippen LogP contribution >= 0.6 is 0 Å². The largest absolute Gasteiger partial charge is 0.452 e. The molecule has 2 heterocycles. The minimum absolute atomic E-state index is 0.0358. The first-order valence-corrected chi connectivity index (χ1v) is 15.2. The first kappa shape index (κ1) is 35.0. The van der Waals surface area contributed by atoms with Crippen LogP contribution in [-0.4, -0.2) is 108 Å². The fourth-order valence-electron chi connectivity index (χ4n) is 5.53. The van der Waals surface area contributed by atoms with Crippen molar-refractivity contribution in [3.05, 3.63) is 0 Å². The molecular formula is C30H51N5O7. The van der Waals surface area contributed by atoms with Crippen molar-refractivity contribution >= 4 is 35.5 Å². The van der Waals surface area contributed by atoms with Crippen LogP contribution in [0.4, 0.5) is 0 Å². The Balaban J connectivity index is 2.54. The van der Waals surface area contributed by atoms with E-state index in [1.165, 1.54) is 21.7 Å². The number of carbonyl (C=O) groups excluding carboxylic acids is 6. The van der Waals surface area contributed by atoms with Gasteiger partial charge < -0.3 is 30.1 Å². The summed E-state index contributed by atoms with van der Waals surface area (Å²) in [4.78, 5) is 84.6. The van der Waals surface area contributed by atoms with Crippen LogP contribution in [0.1, 0.15) is 80.6 Å². The molecule has 0 spiro atoms. The summed E-state index contributed by atoms with van der Waals surface area (Å²) in [6, 6.07) is -3.52. The molecule has 2 aliphatic heterocycles. The zero-order chi connectivity index (χ0) is 31.9. The molecule has 0 unspecified atom stereocenters. The topological polar surface area (TPSA) is 145 Å². The van der Waals surface area contributed by atoms with Crippen LogP contribution in [-0.2, 0) is 33.5 Å². The molecule has 2 N–H and O–H groups in total. The SMILES string of the molecule is CC[C@@H](C)[C@@H]1NC(=O)[C@H]2CCCN2C(=O)[C@@H](CC(C)C)OC(=O)CCNC(=O)[C@@H](C)N(C)C(=O)[C@@H](C(C)C)N(C)C1=O. The molecule has 12 nitrogen and oxygen atoms in total. The summed E-state index contributed by atoms with van der Waals surface area (Å²) in [6.45, 7) is 13.1. The second-order valence-corrected chi connectivity index (χ2v) is 12.5. The lowest BCUT2D eigenvalue weighted by atomic mass is 9.94. The zero-order valence-corrected chi connectivity index (χ0v) is 26.8. The summed E-state index contributed by atoms with van der Waals surface area (Å²) in [5.41, 5.74) is 0. The number of hydrogen-bond donors (Lipinski definition) is 2. The summed E-state index contributed by atoms with van der Waals surface area (Å²) in [7, 11) is 3.04. The molecule has 0 bridgehead atoms. The molecule has 2 aliphatic rings. The molecular weight excluding hydrogens is 542 g/mol. The Morgan fingerprint density at radius 1 is 0.905 bits per heavy atom. The number of fused-ring (bicyclic) bond motifs is 1. The van der Waals surface area contributed by atoms with Crippen LogP contribution in [0.2, 0.25) is 0 Å². The summed E-state index contributed by atoms with van der Waals surface area (Å²) in [5.74, 6) is -3.36. The monoisotopic (exact) mass is 593 g/mol. The average molecular weight is 594 g/mol. The van der Waals surface area contributed by atoms with E-state index < -0.39 is 65.8 Å². The molecule has 0 aromatic carbocycles. The lowest BCUT2D eigenvalue weighted by molar-refractivity contribution is -0.162. The fourth-order valence-corrected chi connectivity index (χ4v) is 5.53. The second kappa shape index (κ2) is 15.3. The van der Waals surface area contributed by atoms with Gasteiger partial charge in [-0.25, -0.2) is 0 Å². The number of nitrogens with zero attached hydrogens (tertiary/aromatic N) is 3. The van der Waals surface area contributed by atoms with E-state index in [4.69, 9.17) is 4.74 Å². The van der Waals surface area contributed by atoms with Gasteiger partial charge in [-0.1, -0.05) is 48.0 Å². The van der Waals surface area contributed by atoms with Crippen molar-refractivity contribution in [3.63, 3.8) is 0 Å². The van der Waals surface area contributed by atoms with Gasteiger partial charge in [-0.05, 0) is 43.9 Å². The third-order valence-electron chi connectivity index (χ3n) is 8.44. The van der Waals surface area contributed by atoms with Crippen LogP contribution in [0.25, 0.3) is 0 Å². The van der Waals surface area contributed by atoms with E-state index in [1.807, 2.05) is 41.5 Å². The van der Waals surface area contributed by atoms with E-state index in [-0.39, 0.29) is 37.1 Å². The van der Waals surface area contributed by atoms with E-state index in [2.05, 4.69) is 10.6 Å². The lowest BCUT2D eigenvalue weighted by Crippen LogP contribution is -2.60. The normalized spacial score (nSPS) is 28.6. The van der Waals surface area contributed by atoms with Crippen molar-refractivity contribution in [1.29, 1.82) is 0 Å². The van der Waals surface area contributed by atoms with Crippen molar-refractivity contribution in [2.75, 3.05) is 27.2 Å². The van der Waals surface area contributed by atoms with Crippen molar-refractivity contribution in [3.8, 4) is 0 Å². The van der Waals surface area contributed by atoms with Gasteiger partial charge in [0.2, 0.25) is 23.6 Å². The molecule has 2 rings (SSSR count). The van der Waals surface area contributed by atoms with Crippen molar-refractivity contribution in [1.82, 2.24) is 25.3 Å². The highest BCUT2D eigenvalue weighted by atomic mass is 16.5. The highest BCUT2D eigenvalue weighted by Crippen LogP contribution is 2.24. The lowest BCUT2D eigenvalue weighted by Gasteiger charge is -2.38. The Bertz CT molecular complexity index is 1020. The number of ether oxygens (including phenoxy) is 1. The van der Waals surface area contributed by atoms with Gasteiger partial charge in [-0.3, -0.25) is 28.8 Å². The molecule has 12 heteroatoms. The van der Waals surface area contributed by atoms with Gasteiger partial charge in [-0.15, -0.1) is 0 Å². The number of hydrogen-bond acceptors (Lipinski definition) is 7. The van der Waals surface area contributed by atoms with Gasteiger partial charge in [0.15, 0.2) is 6.10 Å². The van der Waals surface area contributed by atoms with E-state index >= 15 is 0 Å². The molecule has 0 radical (unpaired) electrons. The summed E-state index contributed by atoms with van der Waals surface area (Å²) < 4.78 is 5.59. The number of amides is 5. The zero-order valence-electron chi connectivity index (χ0n) is 26.8. The molecule has 42 heavy (non-hydrogen) atoms. The molecule has 0 aromatic heterocycles. The molecule has 0 aliphatic carbocycles. The van der Waals surface area contributed by atoms with Gasteiger partial charge in [0.1, 0.15) is 24.2 Å². The average Bonchev–Trinajstić information content (AvgIpc) is 3.42. The van der Waals surface area contributed by atoms with Crippen molar-refractivity contribution in [2.24, 2.45) is 17.8 Å². The predicted octanol–water partition coefficient (Wildman–Crippen LogP) is 1.32. The van der Waals surface area contributed by atoms with Crippen molar-refractivity contribution < 1.29 is 33.5 Å². The number of esters is 1. The molecule has 5 amide bonds. The van der Waals surface area contributed by atoms with Gasteiger partial charge in [0, 0.05) is 27.2 Å². The van der Waals surface area contributed by atoms with Gasteiger partial charge in [-0.2, -0.15) is 0 Å². The third kappa shape index (κ3) is 8.44. The molecule has 238 valence electrons. The molecule has 6 atom stereocenters. The summed E-state index contributed by atoms with van der Waals surface area (Å²) in [6.07, 6.45) is 0.636. The van der Waals surface area contributed by atoms with E-state index in [9.17, 15) is 28.8 Å². The molecule has 0 saturated carbocycles. The Hall–Kier alpha value is -3.18. The second-order valence-electron chi connectivity index (χ2n) is 12.5. The fraction of sp³-hybridized carbons (Fsp3) is 0.800. The van der Waals surface area contributed by atoms with Crippen LogP contribution in [0, 0.1) is 17.8 Å². The smallest absolute Gasteiger partial charge is 0.308 e. The summed E-state index contributed by atoms with van der Waals surface area (Å²) in [5, 5.41) is 5.57. The van der Waals surface area contributed by atoms with E-state index in [0.717, 1.165) is 0 Å². The molecule has 0 aromatic rings. The minimum atomic E-state index is -1.07. The van der Waals surface area contributed by atoms with Crippen LogP contribution in [0.3, 0.4) is 0 Å². The van der Waals surface area contributed by atoms with Gasteiger partial charge in [0.25, 0.3) is 5.91 Å². The minimum Gasteiger partial charge on any atom is -0.452 e.